The summed E-state index contributed by atoms with van der Waals surface area (Å²) >= 11 is 1.13. The quantitative estimate of drug-likeness (QED) is 0.272. The maximum Gasteiger partial charge on any atom is 0.325 e. The van der Waals surface area contributed by atoms with Gasteiger partial charge in [0, 0.05) is 30.3 Å². The molecule has 0 fully saturated rings. The second-order valence-corrected chi connectivity index (χ2v) is 6.35. The lowest BCUT2D eigenvalue weighted by atomic mass is 10.2. The van der Waals surface area contributed by atoms with Gasteiger partial charge in [0.05, 0.1) is 23.2 Å². The number of fused-ring (bicyclic) bond motifs is 1. The first-order chi connectivity index (χ1) is 13.0. The second kappa shape index (κ2) is 7.87. The number of carbonyl (C=O) groups is 1. The summed E-state index contributed by atoms with van der Waals surface area (Å²) in [4.78, 5) is 23.6. The lowest BCUT2D eigenvalue weighted by molar-refractivity contribution is -0.384. The summed E-state index contributed by atoms with van der Waals surface area (Å²) in [5.41, 5.74) is 2.06. The SMILES string of the molecule is COC(=O)CN(C)c1ccc(N=Nc2snc3ccc([N+](=O)[O-])cc23)cc1. The first-order valence-electron chi connectivity index (χ1n) is 7.81. The van der Waals surface area contributed by atoms with Crippen molar-refractivity contribution in [2.24, 2.45) is 10.2 Å². The molecule has 0 bridgehead atoms. The number of anilines is 1. The van der Waals surface area contributed by atoms with Crippen LogP contribution in [0.25, 0.3) is 10.9 Å². The molecule has 27 heavy (non-hydrogen) atoms. The third kappa shape index (κ3) is 4.23. The Morgan fingerprint density at radius 1 is 1.26 bits per heavy atom. The normalized spacial score (nSPS) is 11.0. The molecule has 3 rings (SSSR count). The van der Waals surface area contributed by atoms with Crippen LogP contribution in [-0.4, -0.2) is 36.0 Å². The summed E-state index contributed by atoms with van der Waals surface area (Å²) in [5, 5.41) is 20.4. The standard InChI is InChI=1S/C17H15N5O4S/c1-21(10-16(23)26-2)12-5-3-11(4-6-12)18-19-17-14-9-13(22(24)25)7-8-15(14)20-27-17/h3-9H,10H2,1-2H3. The van der Waals surface area contributed by atoms with E-state index in [1.54, 1.807) is 30.1 Å². The molecule has 0 saturated heterocycles. The number of hydrogen-bond acceptors (Lipinski definition) is 9. The minimum Gasteiger partial charge on any atom is -0.468 e. The van der Waals surface area contributed by atoms with Gasteiger partial charge in [-0.25, -0.2) is 0 Å². The van der Waals surface area contributed by atoms with E-state index >= 15 is 0 Å². The number of azo groups is 1. The highest BCUT2D eigenvalue weighted by atomic mass is 32.1. The zero-order chi connectivity index (χ0) is 19.4. The van der Waals surface area contributed by atoms with E-state index in [1.807, 2.05) is 12.1 Å². The molecule has 1 heterocycles. The largest absolute Gasteiger partial charge is 0.468 e. The van der Waals surface area contributed by atoms with Crippen LogP contribution in [0.5, 0.6) is 0 Å². The Labute approximate surface area is 158 Å². The Balaban J connectivity index is 1.78. The van der Waals surface area contributed by atoms with Crippen molar-refractivity contribution < 1.29 is 14.5 Å². The number of benzene rings is 2. The molecule has 0 radical (unpaired) electrons. The Hall–Kier alpha value is -3.40. The fourth-order valence-corrected chi connectivity index (χ4v) is 3.01. The number of rotatable bonds is 6. The van der Waals surface area contributed by atoms with Crippen molar-refractivity contribution in [3.63, 3.8) is 0 Å². The van der Waals surface area contributed by atoms with Crippen molar-refractivity contribution in [1.29, 1.82) is 0 Å². The average Bonchev–Trinajstić information content (AvgIpc) is 3.08. The molecule has 0 N–H and O–H groups in total. The van der Waals surface area contributed by atoms with Crippen molar-refractivity contribution in [3.8, 4) is 0 Å². The third-order valence-electron chi connectivity index (χ3n) is 3.79. The number of hydrogen-bond donors (Lipinski definition) is 0. The average molecular weight is 385 g/mol. The number of ether oxygens (including phenoxy) is 1. The minimum absolute atomic E-state index is 0.0165. The van der Waals surface area contributed by atoms with Crippen LogP contribution in [0.3, 0.4) is 0 Å². The van der Waals surface area contributed by atoms with E-state index in [1.165, 1.54) is 19.2 Å². The molecule has 2 aromatic carbocycles. The minimum atomic E-state index is -0.457. The molecule has 0 saturated carbocycles. The number of methoxy groups -OCH3 is 1. The van der Waals surface area contributed by atoms with Crippen molar-refractivity contribution in [2.45, 2.75) is 0 Å². The summed E-state index contributed by atoms with van der Waals surface area (Å²) in [6.07, 6.45) is 0. The zero-order valence-electron chi connectivity index (χ0n) is 14.5. The molecule has 0 aliphatic rings. The Bertz CT molecular complexity index is 1020. The number of nitrogens with zero attached hydrogens (tertiary/aromatic N) is 5. The number of likely N-dealkylation sites (N-methyl/N-ethyl adjacent to an activating group) is 1. The van der Waals surface area contributed by atoms with Gasteiger partial charge in [-0.15, -0.1) is 10.2 Å². The summed E-state index contributed by atoms with van der Waals surface area (Å²) in [7, 11) is 3.13. The Kier molecular flexibility index (Phi) is 5.36. The molecule has 1 aromatic heterocycles. The van der Waals surface area contributed by atoms with E-state index < -0.39 is 4.92 Å². The third-order valence-corrected chi connectivity index (χ3v) is 4.56. The molecule has 0 atom stereocenters. The highest BCUT2D eigenvalue weighted by molar-refractivity contribution is 7.11. The summed E-state index contributed by atoms with van der Waals surface area (Å²) in [6.45, 7) is 0.142. The van der Waals surface area contributed by atoms with Gasteiger partial charge in [0.1, 0.15) is 6.54 Å². The van der Waals surface area contributed by atoms with E-state index in [0.717, 1.165) is 17.2 Å². The fourth-order valence-electron chi connectivity index (χ4n) is 2.33. The van der Waals surface area contributed by atoms with Crippen molar-refractivity contribution >= 4 is 50.5 Å². The number of non-ortho nitro benzene ring substituents is 1. The maximum absolute atomic E-state index is 11.3. The number of nitro benzene ring substituents is 1. The molecule has 9 nitrogen and oxygen atoms in total. The van der Waals surface area contributed by atoms with E-state index in [9.17, 15) is 14.9 Å². The predicted octanol–water partition coefficient (Wildman–Crippen LogP) is 4.23. The maximum atomic E-state index is 11.3. The van der Waals surface area contributed by atoms with Crippen LogP contribution in [0.15, 0.2) is 52.7 Å². The molecule has 10 heteroatoms. The lowest BCUT2D eigenvalue weighted by Crippen LogP contribution is -2.26. The Morgan fingerprint density at radius 3 is 2.67 bits per heavy atom. The molecule has 3 aromatic rings. The van der Waals surface area contributed by atoms with Crippen molar-refractivity contribution in [3.05, 3.63) is 52.6 Å². The van der Waals surface area contributed by atoms with Crippen molar-refractivity contribution in [2.75, 3.05) is 25.6 Å². The molecule has 138 valence electrons. The molecule has 0 aliphatic heterocycles. The van der Waals surface area contributed by atoms with Crippen LogP contribution in [-0.2, 0) is 9.53 Å². The zero-order valence-corrected chi connectivity index (χ0v) is 15.3. The highest BCUT2D eigenvalue weighted by Crippen LogP contribution is 2.34. The van der Waals surface area contributed by atoms with Crippen molar-refractivity contribution in [1.82, 2.24) is 4.37 Å². The first-order valence-corrected chi connectivity index (χ1v) is 8.59. The molecule has 0 amide bonds. The van der Waals surface area contributed by atoms with Crippen LogP contribution in [0.4, 0.5) is 22.1 Å². The summed E-state index contributed by atoms with van der Waals surface area (Å²) in [6, 6.07) is 11.6. The van der Waals surface area contributed by atoms with Gasteiger partial charge in [0.15, 0.2) is 5.00 Å². The van der Waals surface area contributed by atoms with E-state index in [-0.39, 0.29) is 18.2 Å². The van der Waals surface area contributed by atoms with Gasteiger partial charge in [0.2, 0.25) is 0 Å². The van der Waals surface area contributed by atoms with Gasteiger partial charge in [-0.3, -0.25) is 14.9 Å². The van der Waals surface area contributed by atoms with Gasteiger partial charge in [0.25, 0.3) is 5.69 Å². The monoisotopic (exact) mass is 385 g/mol. The van der Waals surface area contributed by atoms with Crippen LogP contribution in [0.1, 0.15) is 0 Å². The van der Waals surface area contributed by atoms with Crippen LogP contribution >= 0.6 is 11.5 Å². The topological polar surface area (TPSA) is 110 Å². The van der Waals surface area contributed by atoms with E-state index in [2.05, 4.69) is 19.3 Å². The number of carbonyl (C=O) groups excluding carboxylic acids is 1. The number of aromatic nitrogens is 1. The van der Waals surface area contributed by atoms with Crippen LogP contribution in [0, 0.1) is 10.1 Å². The summed E-state index contributed by atoms with van der Waals surface area (Å²) < 4.78 is 8.86. The van der Waals surface area contributed by atoms with E-state index in [4.69, 9.17) is 0 Å². The van der Waals surface area contributed by atoms with Crippen LogP contribution in [0.2, 0.25) is 0 Å². The fraction of sp³-hybridized carbons (Fsp3) is 0.176. The number of esters is 1. The first kappa shape index (κ1) is 18.4. The van der Waals surface area contributed by atoms with Gasteiger partial charge >= 0.3 is 5.97 Å². The lowest BCUT2D eigenvalue weighted by Gasteiger charge is -2.17. The summed E-state index contributed by atoms with van der Waals surface area (Å²) in [5.74, 6) is -0.326. The highest BCUT2D eigenvalue weighted by Gasteiger charge is 2.12. The van der Waals surface area contributed by atoms with Gasteiger partial charge in [-0.05, 0) is 41.9 Å². The molecule has 0 aliphatic carbocycles. The Morgan fingerprint density at radius 2 is 2.00 bits per heavy atom. The molecule has 0 unspecified atom stereocenters. The predicted molar refractivity (Wildman–Crippen MR) is 102 cm³/mol. The van der Waals surface area contributed by atoms with Gasteiger partial charge < -0.3 is 9.64 Å². The smallest absolute Gasteiger partial charge is 0.325 e. The van der Waals surface area contributed by atoms with E-state index in [0.29, 0.717) is 21.6 Å². The second-order valence-electron chi connectivity index (χ2n) is 5.59. The number of nitro groups is 1. The molecular formula is C17H15N5O4S. The van der Waals surface area contributed by atoms with Gasteiger partial charge in [-0.2, -0.15) is 4.37 Å². The van der Waals surface area contributed by atoms with Crippen LogP contribution < -0.4 is 4.90 Å². The molecular weight excluding hydrogens is 370 g/mol. The van der Waals surface area contributed by atoms with Gasteiger partial charge in [-0.1, -0.05) is 0 Å². The molecule has 0 spiro atoms.